The van der Waals surface area contributed by atoms with E-state index in [1.165, 1.54) is 6.20 Å². The SMILES string of the molecule is CC(C)n1cc(C(C)(C)CCc2nn(C(F)F)cc2C(C)(C)C)c(Cl)n1. The minimum Gasteiger partial charge on any atom is -0.268 e. The standard InChI is InChI=1S/C19H29ClF2N4/c1-12(2)25-11-14(16(20)24-25)19(6,7)9-8-15-13(18(3,4)5)10-26(23-15)17(21)22/h10-12,17H,8-9H2,1-7H3. The average molecular weight is 387 g/mol. The van der Waals surface area contributed by atoms with Gasteiger partial charge in [-0.2, -0.15) is 19.0 Å². The van der Waals surface area contributed by atoms with Gasteiger partial charge < -0.3 is 0 Å². The molecule has 4 nitrogen and oxygen atoms in total. The Balaban J connectivity index is 2.27. The van der Waals surface area contributed by atoms with E-state index in [1.54, 1.807) is 0 Å². The van der Waals surface area contributed by atoms with Gasteiger partial charge in [0.25, 0.3) is 0 Å². The van der Waals surface area contributed by atoms with E-state index in [1.807, 2.05) is 45.5 Å². The van der Waals surface area contributed by atoms with Crippen LogP contribution in [0.2, 0.25) is 5.15 Å². The van der Waals surface area contributed by atoms with Crippen LogP contribution in [0, 0.1) is 0 Å². The molecule has 2 aromatic heterocycles. The van der Waals surface area contributed by atoms with E-state index in [0.29, 0.717) is 11.6 Å². The van der Waals surface area contributed by atoms with E-state index in [0.717, 1.165) is 27.9 Å². The van der Waals surface area contributed by atoms with Crippen LogP contribution < -0.4 is 0 Å². The van der Waals surface area contributed by atoms with Gasteiger partial charge in [0.05, 0.1) is 5.69 Å². The fourth-order valence-corrected chi connectivity index (χ4v) is 3.39. The Bertz CT molecular complexity index is 754. The lowest BCUT2D eigenvalue weighted by atomic mass is 9.80. The van der Waals surface area contributed by atoms with Crippen LogP contribution in [0.5, 0.6) is 0 Å². The molecule has 0 saturated carbocycles. The number of alkyl halides is 2. The van der Waals surface area contributed by atoms with E-state index >= 15 is 0 Å². The third kappa shape index (κ3) is 4.45. The highest BCUT2D eigenvalue weighted by atomic mass is 35.5. The van der Waals surface area contributed by atoms with Crippen molar-refractivity contribution in [2.24, 2.45) is 0 Å². The molecule has 2 heterocycles. The number of hydrogen-bond donors (Lipinski definition) is 0. The van der Waals surface area contributed by atoms with Crippen LogP contribution in [0.25, 0.3) is 0 Å². The summed E-state index contributed by atoms with van der Waals surface area (Å²) in [4.78, 5) is 0. The molecule has 0 radical (unpaired) electrons. The first-order valence-corrected chi connectivity index (χ1v) is 9.32. The number of nitrogens with zero attached hydrogens (tertiary/aromatic N) is 4. The second kappa shape index (κ2) is 7.29. The van der Waals surface area contributed by atoms with Crippen LogP contribution in [0.15, 0.2) is 12.4 Å². The molecule has 0 saturated heterocycles. The van der Waals surface area contributed by atoms with E-state index in [2.05, 4.69) is 24.0 Å². The Kier molecular flexibility index (Phi) is 5.86. The molecule has 0 N–H and O–H groups in total. The highest BCUT2D eigenvalue weighted by Crippen LogP contribution is 2.35. The van der Waals surface area contributed by atoms with Crippen molar-refractivity contribution in [2.45, 2.75) is 84.7 Å². The maximum absolute atomic E-state index is 13.1. The van der Waals surface area contributed by atoms with E-state index < -0.39 is 6.55 Å². The summed E-state index contributed by atoms with van der Waals surface area (Å²) in [5, 5.41) is 9.02. The minimum absolute atomic E-state index is 0.228. The number of hydrogen-bond acceptors (Lipinski definition) is 2. The summed E-state index contributed by atoms with van der Waals surface area (Å²) in [7, 11) is 0. The number of halogens is 3. The highest BCUT2D eigenvalue weighted by Gasteiger charge is 2.29. The van der Waals surface area contributed by atoms with Gasteiger partial charge in [0.1, 0.15) is 0 Å². The maximum Gasteiger partial charge on any atom is 0.333 e. The normalized spacial score (nSPS) is 13.2. The molecular formula is C19H29ClF2N4. The molecule has 146 valence electrons. The van der Waals surface area contributed by atoms with Crippen molar-refractivity contribution in [3.8, 4) is 0 Å². The zero-order chi connectivity index (χ0) is 19.9. The van der Waals surface area contributed by atoms with Crippen molar-refractivity contribution in [1.29, 1.82) is 0 Å². The summed E-state index contributed by atoms with van der Waals surface area (Å²) in [5.41, 5.74) is 2.06. The minimum atomic E-state index is -2.63. The van der Waals surface area contributed by atoms with Crippen LogP contribution in [0.1, 0.15) is 84.3 Å². The molecule has 26 heavy (non-hydrogen) atoms. The quantitative estimate of drug-likeness (QED) is 0.618. The van der Waals surface area contributed by atoms with Crippen LogP contribution in [-0.2, 0) is 17.3 Å². The van der Waals surface area contributed by atoms with Crippen molar-refractivity contribution in [3.05, 3.63) is 34.4 Å². The molecule has 2 rings (SSSR count). The number of aromatic nitrogens is 4. The van der Waals surface area contributed by atoms with E-state index in [9.17, 15) is 8.78 Å². The monoisotopic (exact) mass is 386 g/mol. The third-order valence-electron chi connectivity index (χ3n) is 4.75. The maximum atomic E-state index is 13.1. The predicted molar refractivity (Wildman–Crippen MR) is 101 cm³/mol. The van der Waals surface area contributed by atoms with Gasteiger partial charge in [-0.05, 0) is 43.1 Å². The first-order chi connectivity index (χ1) is 11.8. The van der Waals surface area contributed by atoms with Crippen LogP contribution in [0.3, 0.4) is 0 Å². The number of rotatable bonds is 6. The first-order valence-electron chi connectivity index (χ1n) is 8.94. The molecule has 0 spiro atoms. The second-order valence-electron chi connectivity index (χ2n) is 8.79. The summed E-state index contributed by atoms with van der Waals surface area (Å²) >= 11 is 6.35. The van der Waals surface area contributed by atoms with Gasteiger partial charge >= 0.3 is 6.55 Å². The molecule has 0 fully saturated rings. The Hall–Kier alpha value is -1.43. The molecule has 0 atom stereocenters. The van der Waals surface area contributed by atoms with Crippen molar-refractivity contribution in [3.63, 3.8) is 0 Å². The smallest absolute Gasteiger partial charge is 0.268 e. The van der Waals surface area contributed by atoms with Gasteiger partial charge in [-0.1, -0.05) is 46.2 Å². The molecule has 7 heteroatoms. The highest BCUT2D eigenvalue weighted by molar-refractivity contribution is 6.30. The van der Waals surface area contributed by atoms with Crippen LogP contribution in [0.4, 0.5) is 8.78 Å². The van der Waals surface area contributed by atoms with Gasteiger partial charge in [-0.25, -0.2) is 4.68 Å². The lowest BCUT2D eigenvalue weighted by molar-refractivity contribution is 0.0560. The van der Waals surface area contributed by atoms with E-state index in [4.69, 9.17) is 11.6 Å². The van der Waals surface area contributed by atoms with Crippen molar-refractivity contribution in [2.75, 3.05) is 0 Å². The van der Waals surface area contributed by atoms with Crippen molar-refractivity contribution >= 4 is 11.6 Å². The molecule has 2 aromatic rings. The Morgan fingerprint density at radius 2 is 1.58 bits per heavy atom. The van der Waals surface area contributed by atoms with Gasteiger partial charge in [0.15, 0.2) is 5.15 Å². The zero-order valence-corrected chi connectivity index (χ0v) is 17.4. The molecule has 0 aliphatic heterocycles. The molecule has 0 unspecified atom stereocenters. The van der Waals surface area contributed by atoms with Gasteiger partial charge in [-0.3, -0.25) is 4.68 Å². The predicted octanol–water partition coefficient (Wildman–Crippen LogP) is 5.92. The summed E-state index contributed by atoms with van der Waals surface area (Å²) < 4.78 is 28.8. The first kappa shape index (κ1) is 20.9. The molecular weight excluding hydrogens is 358 g/mol. The van der Waals surface area contributed by atoms with Gasteiger partial charge in [0, 0.05) is 24.0 Å². The summed E-state index contributed by atoms with van der Waals surface area (Å²) in [6.07, 6.45) is 4.79. The topological polar surface area (TPSA) is 35.6 Å². The molecule has 0 aliphatic carbocycles. The average Bonchev–Trinajstić information content (AvgIpc) is 3.08. The summed E-state index contributed by atoms with van der Waals surface area (Å²) in [6, 6.07) is 0.228. The number of aryl methyl sites for hydroxylation is 1. The Labute approximate surface area is 159 Å². The second-order valence-corrected chi connectivity index (χ2v) is 9.15. The summed E-state index contributed by atoms with van der Waals surface area (Å²) in [5.74, 6) is 0. The molecule has 0 bridgehead atoms. The zero-order valence-electron chi connectivity index (χ0n) is 16.6. The summed E-state index contributed by atoms with van der Waals surface area (Å²) in [6.45, 7) is 11.7. The Morgan fingerprint density at radius 3 is 2.04 bits per heavy atom. The third-order valence-corrected chi connectivity index (χ3v) is 5.03. The Morgan fingerprint density at radius 1 is 1.00 bits per heavy atom. The van der Waals surface area contributed by atoms with Gasteiger partial charge in [-0.15, -0.1) is 0 Å². The van der Waals surface area contributed by atoms with Crippen molar-refractivity contribution < 1.29 is 8.78 Å². The fourth-order valence-electron chi connectivity index (χ4n) is 2.99. The van der Waals surface area contributed by atoms with Crippen LogP contribution in [-0.4, -0.2) is 19.6 Å². The fraction of sp³-hybridized carbons (Fsp3) is 0.684. The van der Waals surface area contributed by atoms with E-state index in [-0.39, 0.29) is 16.9 Å². The molecule has 0 amide bonds. The molecule has 0 aromatic carbocycles. The van der Waals surface area contributed by atoms with Crippen molar-refractivity contribution in [1.82, 2.24) is 19.6 Å². The largest absolute Gasteiger partial charge is 0.333 e. The lowest BCUT2D eigenvalue weighted by Crippen LogP contribution is -2.20. The molecule has 0 aliphatic rings. The van der Waals surface area contributed by atoms with Gasteiger partial charge in [0.2, 0.25) is 0 Å². The van der Waals surface area contributed by atoms with Crippen LogP contribution >= 0.6 is 11.6 Å². The lowest BCUT2D eigenvalue weighted by Gasteiger charge is -2.25.